The fourth-order valence-corrected chi connectivity index (χ4v) is 2.85. The molecule has 0 aliphatic heterocycles. The van der Waals surface area contributed by atoms with Crippen LogP contribution in [0.2, 0.25) is 0 Å². The maximum Gasteiger partial charge on any atom is 0.433 e. The van der Waals surface area contributed by atoms with Crippen LogP contribution in [0.25, 0.3) is 0 Å². The average Bonchev–Trinajstić information content (AvgIpc) is 2.46. The largest absolute Gasteiger partial charge is 0.433 e. The molecular formula is C19H23F3N2. The Morgan fingerprint density at radius 3 is 2.12 bits per heavy atom. The van der Waals surface area contributed by atoms with E-state index in [4.69, 9.17) is 0 Å². The molecule has 0 unspecified atom stereocenters. The van der Waals surface area contributed by atoms with E-state index in [1.54, 1.807) is 6.07 Å². The summed E-state index contributed by atoms with van der Waals surface area (Å²) in [7, 11) is 1.83. The minimum Gasteiger partial charge on any atom is -0.298 e. The number of rotatable bonds is 4. The lowest BCUT2D eigenvalue weighted by molar-refractivity contribution is -0.142. The molecule has 0 bridgehead atoms. The van der Waals surface area contributed by atoms with Crippen molar-refractivity contribution in [2.45, 2.75) is 45.5 Å². The molecule has 130 valence electrons. The van der Waals surface area contributed by atoms with Crippen molar-refractivity contribution in [1.82, 2.24) is 9.88 Å². The Kier molecular flexibility index (Phi) is 5.33. The molecule has 2 rings (SSSR count). The number of hydrogen-bond donors (Lipinski definition) is 0. The number of halogens is 3. The predicted molar refractivity (Wildman–Crippen MR) is 89.6 cm³/mol. The molecule has 1 aromatic carbocycles. The Labute approximate surface area is 141 Å². The zero-order valence-corrected chi connectivity index (χ0v) is 14.5. The smallest absolute Gasteiger partial charge is 0.298 e. The number of benzene rings is 1. The Morgan fingerprint density at radius 1 is 0.917 bits per heavy atom. The summed E-state index contributed by atoms with van der Waals surface area (Å²) in [4.78, 5) is 5.40. The van der Waals surface area contributed by atoms with E-state index in [2.05, 4.69) is 31.8 Å². The molecule has 0 radical (unpaired) electrons. The summed E-state index contributed by atoms with van der Waals surface area (Å²) in [6, 6.07) is 11.1. The van der Waals surface area contributed by atoms with Crippen molar-refractivity contribution < 1.29 is 13.2 Å². The molecule has 0 amide bonds. The molecular weight excluding hydrogens is 313 g/mol. The lowest BCUT2D eigenvalue weighted by atomic mass is 9.83. The maximum absolute atomic E-state index is 13.1. The summed E-state index contributed by atoms with van der Waals surface area (Å²) in [5.74, 6) is 0. The second-order valence-electron chi connectivity index (χ2n) is 7.09. The first kappa shape index (κ1) is 18.5. The van der Waals surface area contributed by atoms with E-state index < -0.39 is 11.9 Å². The van der Waals surface area contributed by atoms with Crippen LogP contribution in [0.3, 0.4) is 0 Å². The molecule has 0 saturated carbocycles. The fourth-order valence-electron chi connectivity index (χ4n) is 2.85. The van der Waals surface area contributed by atoms with E-state index in [1.165, 1.54) is 17.8 Å². The van der Waals surface area contributed by atoms with Crippen LogP contribution in [0.15, 0.2) is 42.6 Å². The van der Waals surface area contributed by atoms with Gasteiger partial charge in [0.15, 0.2) is 0 Å². The third-order valence-corrected chi connectivity index (χ3v) is 3.87. The molecule has 24 heavy (non-hydrogen) atoms. The van der Waals surface area contributed by atoms with E-state index in [-0.39, 0.29) is 17.5 Å². The minimum absolute atomic E-state index is 0.0110. The molecule has 1 aromatic heterocycles. The Balaban J connectivity index is 2.21. The maximum atomic E-state index is 13.1. The first-order chi connectivity index (χ1) is 11.1. The topological polar surface area (TPSA) is 16.1 Å². The number of hydrogen-bond acceptors (Lipinski definition) is 2. The molecule has 0 atom stereocenters. The number of nitrogens with zero attached hydrogens (tertiary/aromatic N) is 2. The first-order valence-electron chi connectivity index (χ1n) is 7.87. The van der Waals surface area contributed by atoms with Crippen LogP contribution < -0.4 is 0 Å². The second kappa shape index (κ2) is 6.93. The molecule has 0 aliphatic carbocycles. The van der Waals surface area contributed by atoms with E-state index in [9.17, 15) is 13.2 Å². The van der Waals surface area contributed by atoms with Gasteiger partial charge in [-0.05, 0) is 35.2 Å². The van der Waals surface area contributed by atoms with Gasteiger partial charge in [0.25, 0.3) is 0 Å². The van der Waals surface area contributed by atoms with Gasteiger partial charge in [-0.3, -0.25) is 9.88 Å². The highest BCUT2D eigenvalue weighted by Crippen LogP contribution is 2.31. The van der Waals surface area contributed by atoms with Gasteiger partial charge in [0.2, 0.25) is 0 Å². The van der Waals surface area contributed by atoms with Crippen LogP contribution in [0.1, 0.15) is 43.2 Å². The third-order valence-electron chi connectivity index (χ3n) is 3.87. The highest BCUT2D eigenvalue weighted by Gasteiger charge is 2.35. The number of pyridine rings is 1. The molecule has 0 fully saturated rings. The van der Waals surface area contributed by atoms with Crippen molar-refractivity contribution >= 4 is 0 Å². The quantitative estimate of drug-likeness (QED) is 0.778. The molecule has 1 heterocycles. The summed E-state index contributed by atoms with van der Waals surface area (Å²) in [6.45, 7) is 7.18. The molecule has 0 aliphatic rings. The lowest BCUT2D eigenvalue weighted by Gasteiger charge is -2.26. The van der Waals surface area contributed by atoms with Crippen LogP contribution >= 0.6 is 0 Å². The van der Waals surface area contributed by atoms with Crippen LogP contribution in [-0.4, -0.2) is 16.9 Å². The van der Waals surface area contributed by atoms with Gasteiger partial charge in [-0.25, -0.2) is 0 Å². The lowest BCUT2D eigenvalue weighted by Crippen LogP contribution is -2.23. The SMILES string of the molecule is CN(Cc1ccccc1C(C)(C)C)Cc1cccnc1C(F)(F)F. The van der Waals surface area contributed by atoms with E-state index in [1.807, 2.05) is 30.1 Å². The van der Waals surface area contributed by atoms with Crippen molar-refractivity contribution in [3.05, 3.63) is 65.0 Å². The third kappa shape index (κ3) is 4.57. The average molecular weight is 336 g/mol. The monoisotopic (exact) mass is 336 g/mol. The highest BCUT2D eigenvalue weighted by molar-refractivity contribution is 5.33. The van der Waals surface area contributed by atoms with Crippen molar-refractivity contribution in [1.29, 1.82) is 0 Å². The van der Waals surface area contributed by atoms with Gasteiger partial charge in [0.05, 0.1) is 0 Å². The van der Waals surface area contributed by atoms with E-state index in [0.717, 1.165) is 5.56 Å². The number of alkyl halides is 3. The van der Waals surface area contributed by atoms with Crippen LogP contribution in [-0.2, 0) is 24.7 Å². The standard InChI is InChI=1S/C19H23F3N2/c1-18(2,3)16-10-6-5-8-14(16)12-24(4)13-15-9-7-11-23-17(15)19(20,21)22/h5-11H,12-13H2,1-4H3. The first-order valence-corrected chi connectivity index (χ1v) is 7.87. The van der Waals surface area contributed by atoms with Crippen molar-refractivity contribution in [2.24, 2.45) is 0 Å². The second-order valence-corrected chi connectivity index (χ2v) is 7.09. The normalized spacial score (nSPS) is 12.7. The minimum atomic E-state index is -4.43. The number of aromatic nitrogens is 1. The summed E-state index contributed by atoms with van der Waals surface area (Å²) >= 11 is 0. The predicted octanol–water partition coefficient (Wildman–Crippen LogP) is 5.03. The van der Waals surface area contributed by atoms with Crippen molar-refractivity contribution in [3.63, 3.8) is 0 Å². The fraction of sp³-hybridized carbons (Fsp3) is 0.421. The van der Waals surface area contributed by atoms with Gasteiger partial charge < -0.3 is 0 Å². The van der Waals surface area contributed by atoms with Gasteiger partial charge in [0, 0.05) is 19.3 Å². The van der Waals surface area contributed by atoms with E-state index in [0.29, 0.717) is 6.54 Å². The summed E-state index contributed by atoms with van der Waals surface area (Å²) in [6.07, 6.45) is -3.25. The van der Waals surface area contributed by atoms with Crippen LogP contribution in [0.4, 0.5) is 13.2 Å². The van der Waals surface area contributed by atoms with Gasteiger partial charge in [-0.1, -0.05) is 51.1 Å². The molecule has 2 aromatic rings. The molecule has 0 N–H and O–H groups in total. The van der Waals surface area contributed by atoms with Gasteiger partial charge in [-0.15, -0.1) is 0 Å². The molecule has 0 saturated heterocycles. The van der Waals surface area contributed by atoms with Gasteiger partial charge in [0.1, 0.15) is 5.69 Å². The summed E-state index contributed by atoms with van der Waals surface area (Å²) in [5.41, 5.74) is 1.72. The molecule has 2 nitrogen and oxygen atoms in total. The Hall–Kier alpha value is -1.88. The highest BCUT2D eigenvalue weighted by atomic mass is 19.4. The van der Waals surface area contributed by atoms with Crippen LogP contribution in [0.5, 0.6) is 0 Å². The molecule has 5 heteroatoms. The zero-order valence-electron chi connectivity index (χ0n) is 14.5. The van der Waals surface area contributed by atoms with Gasteiger partial charge in [-0.2, -0.15) is 13.2 Å². The van der Waals surface area contributed by atoms with Gasteiger partial charge >= 0.3 is 6.18 Å². The van der Waals surface area contributed by atoms with Crippen molar-refractivity contribution in [3.8, 4) is 0 Å². The van der Waals surface area contributed by atoms with E-state index >= 15 is 0 Å². The van der Waals surface area contributed by atoms with Crippen LogP contribution in [0, 0.1) is 0 Å². The summed E-state index contributed by atoms with van der Waals surface area (Å²) in [5, 5.41) is 0. The Morgan fingerprint density at radius 2 is 1.50 bits per heavy atom. The Bertz CT molecular complexity index is 628. The zero-order chi connectivity index (χ0) is 18.0. The van der Waals surface area contributed by atoms with Crippen molar-refractivity contribution in [2.75, 3.05) is 7.05 Å². The summed E-state index contributed by atoms with van der Waals surface area (Å²) < 4.78 is 39.2. The molecule has 0 spiro atoms.